The minimum absolute atomic E-state index is 0.0565. The van der Waals surface area contributed by atoms with Gasteiger partial charge in [-0.05, 0) is 57.2 Å². The fourth-order valence-electron chi connectivity index (χ4n) is 3.02. The van der Waals surface area contributed by atoms with Gasteiger partial charge in [0, 0.05) is 11.7 Å². The Morgan fingerprint density at radius 1 is 1.09 bits per heavy atom. The standard InChI is InChI=1S/C22H25N3O7S/c1-13(2)25-33(29,30)16-10-8-15(9-11-16)23-21(27)14(3)31-20(26)12-19-22(28)24-17-6-4-5-7-18(17)32-19/h4-11,13-14,19,25H,12H2,1-3H3,(H,23,27)(H,24,28)/t14-,19-/m0/s1. The highest BCUT2D eigenvalue weighted by Gasteiger charge is 2.31. The zero-order chi connectivity index (χ0) is 24.2. The molecule has 0 spiro atoms. The van der Waals surface area contributed by atoms with Crippen LogP contribution in [-0.4, -0.2) is 44.5 Å². The van der Waals surface area contributed by atoms with Crippen LogP contribution in [0.3, 0.4) is 0 Å². The molecular weight excluding hydrogens is 450 g/mol. The fourth-order valence-corrected chi connectivity index (χ4v) is 4.27. The minimum Gasteiger partial charge on any atom is -0.478 e. The molecule has 0 bridgehead atoms. The SMILES string of the molecule is CC(C)NS(=O)(=O)c1ccc(NC(=O)[C@H](C)OC(=O)C[C@@H]2Oc3ccccc3NC2=O)cc1. The van der Waals surface area contributed by atoms with Crippen molar-refractivity contribution in [2.45, 2.75) is 50.3 Å². The average Bonchev–Trinajstić information content (AvgIpc) is 2.73. The van der Waals surface area contributed by atoms with E-state index in [1.54, 1.807) is 38.1 Å². The van der Waals surface area contributed by atoms with E-state index in [1.807, 2.05) is 0 Å². The number of nitrogens with one attached hydrogen (secondary N) is 3. The lowest BCUT2D eigenvalue weighted by molar-refractivity contribution is -0.155. The average molecular weight is 476 g/mol. The van der Waals surface area contributed by atoms with Gasteiger partial charge in [-0.2, -0.15) is 0 Å². The molecule has 0 fully saturated rings. The van der Waals surface area contributed by atoms with Crippen molar-refractivity contribution in [2.24, 2.45) is 0 Å². The van der Waals surface area contributed by atoms with Gasteiger partial charge in [-0.25, -0.2) is 13.1 Å². The van der Waals surface area contributed by atoms with E-state index in [4.69, 9.17) is 9.47 Å². The van der Waals surface area contributed by atoms with Gasteiger partial charge in [0.2, 0.25) is 10.0 Å². The molecule has 2 amide bonds. The van der Waals surface area contributed by atoms with E-state index in [2.05, 4.69) is 15.4 Å². The Morgan fingerprint density at radius 2 is 1.76 bits per heavy atom. The molecule has 3 N–H and O–H groups in total. The number of ether oxygens (including phenoxy) is 2. The maximum Gasteiger partial charge on any atom is 0.310 e. The molecule has 0 saturated heterocycles. The maximum atomic E-state index is 12.4. The first-order valence-corrected chi connectivity index (χ1v) is 11.7. The van der Waals surface area contributed by atoms with Crippen molar-refractivity contribution in [3.8, 4) is 5.75 Å². The molecule has 33 heavy (non-hydrogen) atoms. The summed E-state index contributed by atoms with van der Waals surface area (Å²) in [5.41, 5.74) is 0.844. The molecule has 1 heterocycles. The van der Waals surface area contributed by atoms with E-state index in [-0.39, 0.29) is 17.4 Å². The molecule has 0 aromatic heterocycles. The second kappa shape index (κ2) is 10.0. The largest absolute Gasteiger partial charge is 0.478 e. The summed E-state index contributed by atoms with van der Waals surface area (Å²) in [4.78, 5) is 36.8. The van der Waals surface area contributed by atoms with E-state index < -0.39 is 40.0 Å². The quantitative estimate of drug-likeness (QED) is 0.496. The van der Waals surface area contributed by atoms with E-state index >= 15 is 0 Å². The summed E-state index contributed by atoms with van der Waals surface area (Å²) < 4.78 is 37.5. The highest BCUT2D eigenvalue weighted by Crippen LogP contribution is 2.29. The number of esters is 1. The number of anilines is 2. The second-order valence-electron chi connectivity index (χ2n) is 7.72. The first kappa shape index (κ1) is 24.2. The monoisotopic (exact) mass is 475 g/mol. The number of hydrogen-bond donors (Lipinski definition) is 3. The van der Waals surface area contributed by atoms with Crippen LogP contribution in [0.15, 0.2) is 53.4 Å². The van der Waals surface area contributed by atoms with Crippen LogP contribution in [0, 0.1) is 0 Å². The molecule has 10 nitrogen and oxygen atoms in total. The summed E-state index contributed by atoms with van der Waals surface area (Å²) >= 11 is 0. The van der Waals surface area contributed by atoms with E-state index in [1.165, 1.54) is 31.2 Å². The van der Waals surface area contributed by atoms with Crippen LogP contribution in [0.25, 0.3) is 0 Å². The molecule has 3 rings (SSSR count). The molecule has 1 aliphatic rings. The highest BCUT2D eigenvalue weighted by atomic mass is 32.2. The first-order valence-electron chi connectivity index (χ1n) is 10.2. The van der Waals surface area contributed by atoms with E-state index in [9.17, 15) is 22.8 Å². The zero-order valence-corrected chi connectivity index (χ0v) is 19.1. The van der Waals surface area contributed by atoms with E-state index in [0.717, 1.165) is 0 Å². The molecule has 176 valence electrons. The zero-order valence-electron chi connectivity index (χ0n) is 18.3. The molecule has 2 aromatic rings. The van der Waals surface area contributed by atoms with Gasteiger partial charge in [0.05, 0.1) is 17.0 Å². The molecular formula is C22H25N3O7S. The molecule has 0 unspecified atom stereocenters. The number of fused-ring (bicyclic) bond motifs is 1. The lowest BCUT2D eigenvalue weighted by Gasteiger charge is -2.25. The first-order chi connectivity index (χ1) is 15.5. The van der Waals surface area contributed by atoms with Crippen LogP contribution < -0.4 is 20.1 Å². The number of rotatable bonds is 8. The van der Waals surface area contributed by atoms with Gasteiger partial charge < -0.3 is 20.1 Å². The molecule has 11 heteroatoms. The molecule has 2 atom stereocenters. The highest BCUT2D eigenvalue weighted by molar-refractivity contribution is 7.89. The molecule has 2 aromatic carbocycles. The Labute approximate surface area is 191 Å². The Hall–Kier alpha value is -3.44. The third kappa shape index (κ3) is 6.30. The third-order valence-corrected chi connectivity index (χ3v) is 6.23. The van der Waals surface area contributed by atoms with Gasteiger partial charge >= 0.3 is 5.97 Å². The summed E-state index contributed by atoms with van der Waals surface area (Å²) in [6.45, 7) is 4.80. The number of amides is 2. The summed E-state index contributed by atoms with van der Waals surface area (Å²) in [5, 5.41) is 5.20. The van der Waals surface area contributed by atoms with Crippen molar-refractivity contribution in [2.75, 3.05) is 10.6 Å². The van der Waals surface area contributed by atoms with Crippen molar-refractivity contribution in [1.29, 1.82) is 0 Å². The van der Waals surface area contributed by atoms with Crippen LogP contribution >= 0.6 is 0 Å². The van der Waals surface area contributed by atoms with Gasteiger partial charge in [-0.3, -0.25) is 14.4 Å². The Morgan fingerprint density at radius 3 is 2.42 bits per heavy atom. The smallest absolute Gasteiger partial charge is 0.310 e. The Balaban J connectivity index is 1.53. The predicted molar refractivity (Wildman–Crippen MR) is 120 cm³/mol. The molecule has 0 saturated carbocycles. The number of hydrogen-bond acceptors (Lipinski definition) is 7. The fraction of sp³-hybridized carbons (Fsp3) is 0.318. The van der Waals surface area contributed by atoms with Crippen molar-refractivity contribution in [3.63, 3.8) is 0 Å². The van der Waals surface area contributed by atoms with Gasteiger partial charge in [-0.1, -0.05) is 12.1 Å². The number of carbonyl (C=O) groups is 3. The van der Waals surface area contributed by atoms with Crippen LogP contribution in [0.1, 0.15) is 27.2 Å². The number of para-hydroxylation sites is 2. The predicted octanol–water partition coefficient (Wildman–Crippen LogP) is 2.03. The van der Waals surface area contributed by atoms with Crippen molar-refractivity contribution in [1.82, 2.24) is 4.72 Å². The topological polar surface area (TPSA) is 140 Å². The summed E-state index contributed by atoms with van der Waals surface area (Å²) in [6, 6.07) is 12.1. The van der Waals surface area contributed by atoms with Crippen LogP contribution in [0.2, 0.25) is 0 Å². The van der Waals surface area contributed by atoms with Crippen molar-refractivity contribution < 1.29 is 32.3 Å². The van der Waals surface area contributed by atoms with E-state index in [0.29, 0.717) is 17.1 Å². The van der Waals surface area contributed by atoms with Crippen molar-refractivity contribution >= 4 is 39.2 Å². The summed E-state index contributed by atoms with van der Waals surface area (Å²) in [7, 11) is -3.65. The Kier molecular flexibility index (Phi) is 7.34. The van der Waals surface area contributed by atoms with Crippen LogP contribution in [0.5, 0.6) is 5.75 Å². The number of carbonyl (C=O) groups excluding carboxylic acids is 3. The van der Waals surface area contributed by atoms with Crippen LogP contribution in [0.4, 0.5) is 11.4 Å². The summed E-state index contributed by atoms with van der Waals surface area (Å²) in [6.07, 6.45) is -2.59. The lowest BCUT2D eigenvalue weighted by Crippen LogP contribution is -2.40. The number of benzene rings is 2. The number of sulfonamides is 1. The van der Waals surface area contributed by atoms with Crippen molar-refractivity contribution in [3.05, 3.63) is 48.5 Å². The van der Waals surface area contributed by atoms with Gasteiger partial charge in [0.15, 0.2) is 12.2 Å². The molecule has 0 radical (unpaired) electrons. The minimum atomic E-state index is -3.65. The van der Waals surface area contributed by atoms with Gasteiger partial charge in [-0.15, -0.1) is 0 Å². The molecule has 1 aliphatic heterocycles. The maximum absolute atomic E-state index is 12.4. The third-order valence-electron chi connectivity index (χ3n) is 4.56. The normalized spacial score (nSPS) is 16.2. The summed E-state index contributed by atoms with van der Waals surface area (Å²) in [5.74, 6) is -1.43. The van der Waals surface area contributed by atoms with Gasteiger partial charge in [0.1, 0.15) is 5.75 Å². The molecule has 0 aliphatic carbocycles. The lowest BCUT2D eigenvalue weighted by atomic mass is 10.1. The second-order valence-corrected chi connectivity index (χ2v) is 9.43. The Bertz CT molecular complexity index is 1150. The van der Waals surface area contributed by atoms with Crippen LogP contribution in [-0.2, 0) is 29.1 Å². The van der Waals surface area contributed by atoms with Gasteiger partial charge in [0.25, 0.3) is 11.8 Å².